The summed E-state index contributed by atoms with van der Waals surface area (Å²) in [6.07, 6.45) is 3.99. The Morgan fingerprint density at radius 1 is 1.46 bits per heavy atom. The average Bonchev–Trinajstić information content (AvgIpc) is 2.90. The second-order valence-electron chi connectivity index (χ2n) is 3.59. The zero-order valence-corrected chi connectivity index (χ0v) is 7.56. The number of hydrogen-bond acceptors (Lipinski definition) is 2. The molecule has 0 aliphatic heterocycles. The third-order valence-corrected chi connectivity index (χ3v) is 2.41. The van der Waals surface area contributed by atoms with Crippen molar-refractivity contribution in [2.24, 2.45) is 13.0 Å². The van der Waals surface area contributed by atoms with Crippen LogP contribution in [0.3, 0.4) is 0 Å². The van der Waals surface area contributed by atoms with E-state index in [1.54, 1.807) is 10.8 Å². The molecule has 0 atom stereocenters. The second kappa shape index (κ2) is 2.87. The highest BCUT2D eigenvalue weighted by molar-refractivity contribution is 4.87. The lowest BCUT2D eigenvalue weighted by Gasteiger charge is -2.04. The summed E-state index contributed by atoms with van der Waals surface area (Å²) in [5, 5.41) is 0. The highest BCUT2D eigenvalue weighted by atomic mass is 16.2. The Kier molecular flexibility index (Phi) is 1.83. The molecule has 1 fully saturated rings. The SMILES string of the molecule is Cn1c(=O)ccn(CC2CC2)c1=O. The third kappa shape index (κ3) is 1.56. The van der Waals surface area contributed by atoms with Gasteiger partial charge in [-0.25, -0.2) is 4.79 Å². The van der Waals surface area contributed by atoms with Crippen LogP contribution in [0.25, 0.3) is 0 Å². The molecule has 0 saturated heterocycles. The van der Waals surface area contributed by atoms with Crippen molar-refractivity contribution in [2.45, 2.75) is 19.4 Å². The normalized spacial score (nSPS) is 16.1. The first kappa shape index (κ1) is 8.29. The van der Waals surface area contributed by atoms with E-state index in [9.17, 15) is 9.59 Å². The van der Waals surface area contributed by atoms with Gasteiger partial charge in [-0.2, -0.15) is 0 Å². The van der Waals surface area contributed by atoms with E-state index in [2.05, 4.69) is 0 Å². The molecule has 4 nitrogen and oxygen atoms in total. The monoisotopic (exact) mass is 180 g/mol. The van der Waals surface area contributed by atoms with Crippen molar-refractivity contribution in [3.63, 3.8) is 0 Å². The Balaban J connectivity index is 2.40. The summed E-state index contributed by atoms with van der Waals surface area (Å²) in [7, 11) is 1.51. The van der Waals surface area contributed by atoms with Gasteiger partial charge in [-0.15, -0.1) is 0 Å². The average molecular weight is 180 g/mol. The fraction of sp³-hybridized carbons (Fsp3) is 0.556. The molecule has 0 unspecified atom stereocenters. The van der Waals surface area contributed by atoms with Crippen molar-refractivity contribution in [2.75, 3.05) is 0 Å². The summed E-state index contributed by atoms with van der Waals surface area (Å²) in [5.74, 6) is 0.648. The third-order valence-electron chi connectivity index (χ3n) is 2.41. The molecule has 4 heteroatoms. The molecule has 0 bridgehead atoms. The molecule has 1 aliphatic carbocycles. The van der Waals surface area contributed by atoms with Crippen molar-refractivity contribution in [3.05, 3.63) is 33.1 Å². The molecule has 1 saturated carbocycles. The minimum absolute atomic E-state index is 0.209. The highest BCUT2D eigenvalue weighted by Crippen LogP contribution is 2.29. The van der Waals surface area contributed by atoms with Gasteiger partial charge in [0.15, 0.2) is 0 Å². The van der Waals surface area contributed by atoms with E-state index in [0.717, 1.165) is 11.1 Å². The topological polar surface area (TPSA) is 44.0 Å². The fourth-order valence-electron chi connectivity index (χ4n) is 1.33. The molecule has 13 heavy (non-hydrogen) atoms. The maximum atomic E-state index is 11.5. The van der Waals surface area contributed by atoms with E-state index < -0.39 is 0 Å². The van der Waals surface area contributed by atoms with Gasteiger partial charge in [-0.3, -0.25) is 9.36 Å². The molecule has 1 aliphatic rings. The Morgan fingerprint density at radius 2 is 2.15 bits per heavy atom. The van der Waals surface area contributed by atoms with E-state index in [0.29, 0.717) is 5.92 Å². The first-order chi connectivity index (χ1) is 6.18. The number of hydrogen-bond donors (Lipinski definition) is 0. The van der Waals surface area contributed by atoms with Crippen molar-refractivity contribution < 1.29 is 0 Å². The van der Waals surface area contributed by atoms with E-state index in [4.69, 9.17) is 0 Å². The summed E-state index contributed by atoms with van der Waals surface area (Å²) in [6, 6.07) is 1.43. The van der Waals surface area contributed by atoms with E-state index >= 15 is 0 Å². The van der Waals surface area contributed by atoms with Crippen molar-refractivity contribution >= 4 is 0 Å². The van der Waals surface area contributed by atoms with Crippen molar-refractivity contribution in [1.29, 1.82) is 0 Å². The molecule has 70 valence electrons. The summed E-state index contributed by atoms with van der Waals surface area (Å²) >= 11 is 0. The maximum Gasteiger partial charge on any atom is 0.330 e. The predicted octanol–water partition coefficient (Wildman–Crippen LogP) is -0.0430. The first-order valence-electron chi connectivity index (χ1n) is 4.45. The van der Waals surface area contributed by atoms with Crippen LogP contribution in [0.2, 0.25) is 0 Å². The van der Waals surface area contributed by atoms with Gasteiger partial charge in [0, 0.05) is 25.9 Å². The molecule has 1 heterocycles. The Hall–Kier alpha value is -1.32. The van der Waals surface area contributed by atoms with Gasteiger partial charge in [-0.05, 0) is 18.8 Å². The molecular formula is C9H12N2O2. The molecule has 2 rings (SSSR count). The predicted molar refractivity (Wildman–Crippen MR) is 48.7 cm³/mol. The highest BCUT2D eigenvalue weighted by Gasteiger charge is 2.22. The Morgan fingerprint density at radius 3 is 2.77 bits per heavy atom. The van der Waals surface area contributed by atoms with Crippen LogP contribution in [0.5, 0.6) is 0 Å². The van der Waals surface area contributed by atoms with E-state index in [-0.39, 0.29) is 11.2 Å². The molecule has 0 N–H and O–H groups in total. The zero-order chi connectivity index (χ0) is 9.42. The molecule has 1 aromatic rings. The minimum Gasteiger partial charge on any atom is -0.300 e. The van der Waals surface area contributed by atoms with Crippen LogP contribution in [0.1, 0.15) is 12.8 Å². The Bertz CT molecular complexity index is 426. The number of rotatable bonds is 2. The first-order valence-corrected chi connectivity index (χ1v) is 4.45. The van der Waals surface area contributed by atoms with Crippen LogP contribution in [-0.4, -0.2) is 9.13 Å². The van der Waals surface area contributed by atoms with Crippen LogP contribution in [0, 0.1) is 5.92 Å². The lowest BCUT2D eigenvalue weighted by Crippen LogP contribution is -2.37. The minimum atomic E-state index is -0.239. The van der Waals surface area contributed by atoms with Crippen molar-refractivity contribution in [1.82, 2.24) is 9.13 Å². The summed E-state index contributed by atoms with van der Waals surface area (Å²) in [4.78, 5) is 22.5. The lowest BCUT2D eigenvalue weighted by atomic mass is 10.4. The lowest BCUT2D eigenvalue weighted by molar-refractivity contribution is 0.559. The van der Waals surface area contributed by atoms with E-state index in [1.807, 2.05) is 0 Å². The molecule has 0 radical (unpaired) electrons. The van der Waals surface area contributed by atoms with Gasteiger partial charge >= 0.3 is 5.69 Å². The van der Waals surface area contributed by atoms with Crippen LogP contribution >= 0.6 is 0 Å². The van der Waals surface area contributed by atoms with Gasteiger partial charge < -0.3 is 4.57 Å². The van der Waals surface area contributed by atoms with Gasteiger partial charge in [-0.1, -0.05) is 0 Å². The summed E-state index contributed by atoms with van der Waals surface area (Å²) in [5.41, 5.74) is -0.448. The van der Waals surface area contributed by atoms with Gasteiger partial charge in [0.2, 0.25) is 0 Å². The van der Waals surface area contributed by atoms with Crippen LogP contribution in [-0.2, 0) is 13.6 Å². The summed E-state index contributed by atoms with van der Waals surface area (Å²) < 4.78 is 2.75. The summed E-state index contributed by atoms with van der Waals surface area (Å²) in [6.45, 7) is 0.757. The largest absolute Gasteiger partial charge is 0.330 e. The zero-order valence-electron chi connectivity index (χ0n) is 7.56. The standard InChI is InChI=1S/C9H12N2O2/c1-10-8(12)4-5-11(9(10)13)6-7-2-3-7/h4-5,7H,2-3,6H2,1H3. The molecule has 0 amide bonds. The Labute approximate surface area is 75.4 Å². The van der Waals surface area contributed by atoms with E-state index in [1.165, 1.54) is 26.0 Å². The molecule has 1 aromatic heterocycles. The maximum absolute atomic E-state index is 11.5. The second-order valence-corrected chi connectivity index (χ2v) is 3.59. The molecular weight excluding hydrogens is 168 g/mol. The molecule has 0 aromatic carbocycles. The van der Waals surface area contributed by atoms with Gasteiger partial charge in [0.25, 0.3) is 5.56 Å². The smallest absolute Gasteiger partial charge is 0.300 e. The van der Waals surface area contributed by atoms with Crippen molar-refractivity contribution in [3.8, 4) is 0 Å². The van der Waals surface area contributed by atoms with Crippen LogP contribution < -0.4 is 11.2 Å². The molecule has 0 spiro atoms. The number of aromatic nitrogens is 2. The number of nitrogens with zero attached hydrogens (tertiary/aromatic N) is 2. The van der Waals surface area contributed by atoms with Crippen LogP contribution in [0.15, 0.2) is 21.9 Å². The van der Waals surface area contributed by atoms with Gasteiger partial charge in [0.05, 0.1) is 0 Å². The fourth-order valence-corrected chi connectivity index (χ4v) is 1.33. The van der Waals surface area contributed by atoms with Gasteiger partial charge in [0.1, 0.15) is 0 Å². The van der Waals surface area contributed by atoms with Crippen LogP contribution in [0.4, 0.5) is 0 Å². The quantitative estimate of drug-likeness (QED) is 0.640.